The van der Waals surface area contributed by atoms with Gasteiger partial charge in [0.2, 0.25) is 0 Å². The first-order valence-electron chi connectivity index (χ1n) is 15.4. The number of fused-ring (bicyclic) bond motifs is 6. The van der Waals surface area contributed by atoms with Gasteiger partial charge in [0, 0.05) is 33.9 Å². The Morgan fingerprint density at radius 2 is 1.52 bits per heavy atom. The van der Waals surface area contributed by atoms with Crippen molar-refractivity contribution in [3.05, 3.63) is 155 Å². The van der Waals surface area contributed by atoms with Gasteiger partial charge in [-0.1, -0.05) is 105 Å². The van der Waals surface area contributed by atoms with E-state index >= 15 is 0 Å². The molecular formula is C40H32N4. The number of aliphatic imine (C=N–C) groups is 1. The largest absolute Gasteiger partial charge is 0.387 e. The molecule has 9 rings (SSSR count). The molecule has 2 aliphatic heterocycles. The van der Waals surface area contributed by atoms with Crippen molar-refractivity contribution in [1.29, 1.82) is 0 Å². The summed E-state index contributed by atoms with van der Waals surface area (Å²) < 4.78 is 2.47. The molecule has 1 unspecified atom stereocenters. The third-order valence-corrected chi connectivity index (χ3v) is 9.62. The van der Waals surface area contributed by atoms with E-state index in [-0.39, 0.29) is 11.6 Å². The van der Waals surface area contributed by atoms with Gasteiger partial charge < -0.3 is 15.2 Å². The summed E-state index contributed by atoms with van der Waals surface area (Å²) >= 11 is 0. The Labute approximate surface area is 256 Å². The Balaban J connectivity index is 1.31. The van der Waals surface area contributed by atoms with E-state index in [4.69, 9.17) is 4.99 Å². The molecular weight excluding hydrogens is 536 g/mol. The van der Waals surface area contributed by atoms with Crippen molar-refractivity contribution >= 4 is 49.6 Å². The maximum atomic E-state index is 5.61. The van der Waals surface area contributed by atoms with Crippen LogP contribution in [0.5, 0.6) is 0 Å². The molecule has 0 bridgehead atoms. The lowest BCUT2D eigenvalue weighted by molar-refractivity contribution is 0.588. The maximum absolute atomic E-state index is 5.61. The standard InChI is InChI=1S/C40H32N4/c1-40(2)33-17-16-29(25-18-20-41-21-19-25)23-32(33)37-38(40)42-36(26-10-4-3-5-11-26)39(43-37)44-34-15-9-8-14-30(34)31-22-27-12-6-7-13-28(27)24-35(31)44/h3-20,22-24,39,41,43H,21H2,1-2H3. The smallest absolute Gasteiger partial charge is 0.148 e. The van der Waals surface area contributed by atoms with Crippen molar-refractivity contribution in [3.8, 4) is 0 Å². The van der Waals surface area contributed by atoms with Crippen LogP contribution in [-0.4, -0.2) is 16.8 Å². The van der Waals surface area contributed by atoms with Crippen LogP contribution in [0.1, 0.15) is 42.3 Å². The van der Waals surface area contributed by atoms with E-state index in [1.165, 1.54) is 54.8 Å². The number of hydrogen-bond donors (Lipinski definition) is 2. The van der Waals surface area contributed by atoms with Crippen LogP contribution in [0.2, 0.25) is 0 Å². The van der Waals surface area contributed by atoms with Crippen LogP contribution in [0.25, 0.3) is 43.8 Å². The third-order valence-electron chi connectivity index (χ3n) is 9.62. The summed E-state index contributed by atoms with van der Waals surface area (Å²) in [7, 11) is 0. The Hall–Kier alpha value is -5.35. The number of hydrogen-bond acceptors (Lipinski definition) is 3. The van der Waals surface area contributed by atoms with Crippen molar-refractivity contribution < 1.29 is 0 Å². The van der Waals surface area contributed by atoms with Crippen molar-refractivity contribution in [3.63, 3.8) is 0 Å². The van der Waals surface area contributed by atoms with Crippen LogP contribution >= 0.6 is 0 Å². The topological polar surface area (TPSA) is 41.4 Å². The average Bonchev–Trinajstić information content (AvgIpc) is 3.51. The number of allylic oxidation sites excluding steroid dienone is 3. The first kappa shape index (κ1) is 25.2. The van der Waals surface area contributed by atoms with E-state index in [0.29, 0.717) is 0 Å². The highest BCUT2D eigenvalue weighted by Gasteiger charge is 2.43. The molecule has 0 saturated carbocycles. The minimum Gasteiger partial charge on any atom is -0.387 e. The lowest BCUT2D eigenvalue weighted by Crippen LogP contribution is -2.37. The first-order valence-corrected chi connectivity index (χ1v) is 15.4. The number of nitrogens with one attached hydrogen (secondary N) is 2. The summed E-state index contributed by atoms with van der Waals surface area (Å²) in [6.45, 7) is 5.45. The number of aromatic nitrogens is 1. The van der Waals surface area contributed by atoms with Crippen molar-refractivity contribution in [1.82, 2.24) is 15.2 Å². The van der Waals surface area contributed by atoms with E-state index in [1.807, 2.05) is 6.20 Å². The average molecular weight is 569 g/mol. The molecule has 44 heavy (non-hydrogen) atoms. The van der Waals surface area contributed by atoms with Crippen LogP contribution < -0.4 is 10.6 Å². The van der Waals surface area contributed by atoms with E-state index in [1.54, 1.807) is 0 Å². The molecule has 5 aromatic carbocycles. The zero-order chi connectivity index (χ0) is 29.4. The zero-order valence-electron chi connectivity index (χ0n) is 24.8. The van der Waals surface area contributed by atoms with Crippen LogP contribution in [-0.2, 0) is 5.41 Å². The van der Waals surface area contributed by atoms with Gasteiger partial charge in [0.15, 0.2) is 0 Å². The van der Waals surface area contributed by atoms with E-state index in [2.05, 4.69) is 150 Å². The summed E-state index contributed by atoms with van der Waals surface area (Å²) in [6, 6.07) is 39.7. The lowest BCUT2D eigenvalue weighted by Gasteiger charge is -2.32. The molecule has 1 atom stereocenters. The predicted octanol–water partition coefficient (Wildman–Crippen LogP) is 8.70. The highest BCUT2D eigenvalue weighted by molar-refractivity contribution is 6.15. The summed E-state index contributed by atoms with van der Waals surface area (Å²) in [6.07, 6.45) is 6.24. The molecule has 212 valence electrons. The number of rotatable bonds is 3. The first-order chi connectivity index (χ1) is 21.6. The van der Waals surface area contributed by atoms with Crippen molar-refractivity contribution in [2.75, 3.05) is 6.54 Å². The van der Waals surface area contributed by atoms with Gasteiger partial charge in [-0.2, -0.15) is 0 Å². The molecule has 4 nitrogen and oxygen atoms in total. The van der Waals surface area contributed by atoms with E-state index < -0.39 is 0 Å². The second kappa shape index (κ2) is 9.32. The third kappa shape index (κ3) is 3.61. The molecule has 3 aliphatic rings. The van der Waals surface area contributed by atoms with Gasteiger partial charge in [0.25, 0.3) is 0 Å². The Morgan fingerprint density at radius 1 is 0.750 bits per heavy atom. The molecule has 0 spiro atoms. The highest BCUT2D eigenvalue weighted by Crippen LogP contribution is 2.50. The molecule has 6 aromatic rings. The fourth-order valence-corrected chi connectivity index (χ4v) is 7.42. The molecule has 0 amide bonds. The quantitative estimate of drug-likeness (QED) is 0.224. The second-order valence-corrected chi connectivity index (χ2v) is 12.5. The SMILES string of the molecule is CC1(C)C2=C(NC(n3c4ccccc4c4cc5ccccc5cc43)C(c3ccccc3)=N2)c2cc(C3=CCNC=C3)ccc21. The number of para-hydroxylation sites is 1. The van der Waals surface area contributed by atoms with Gasteiger partial charge >= 0.3 is 0 Å². The van der Waals surface area contributed by atoms with E-state index in [0.717, 1.165) is 29.2 Å². The second-order valence-electron chi connectivity index (χ2n) is 12.5. The Morgan fingerprint density at radius 3 is 2.34 bits per heavy atom. The van der Waals surface area contributed by atoms with Crippen LogP contribution in [0.4, 0.5) is 0 Å². The maximum Gasteiger partial charge on any atom is 0.148 e. The summed E-state index contributed by atoms with van der Waals surface area (Å²) in [5.41, 5.74) is 11.6. The minimum atomic E-state index is -0.240. The summed E-state index contributed by atoms with van der Waals surface area (Å²) in [5.74, 6) is 0. The number of nitrogens with zero attached hydrogens (tertiary/aromatic N) is 2. The molecule has 0 radical (unpaired) electrons. The fraction of sp³-hybridized carbons (Fsp3) is 0.125. The summed E-state index contributed by atoms with van der Waals surface area (Å²) in [4.78, 5) is 5.61. The summed E-state index contributed by atoms with van der Waals surface area (Å²) in [5, 5.41) is 12.4. The molecule has 2 N–H and O–H groups in total. The van der Waals surface area contributed by atoms with Gasteiger partial charge in [-0.15, -0.1) is 0 Å². The highest BCUT2D eigenvalue weighted by atomic mass is 15.2. The van der Waals surface area contributed by atoms with Crippen molar-refractivity contribution in [2.45, 2.75) is 25.4 Å². The normalized spacial score (nSPS) is 18.5. The van der Waals surface area contributed by atoms with E-state index in [9.17, 15) is 0 Å². The zero-order valence-corrected chi connectivity index (χ0v) is 24.8. The Bertz CT molecular complexity index is 2280. The van der Waals surface area contributed by atoms with Crippen LogP contribution in [0.3, 0.4) is 0 Å². The number of benzene rings is 5. The predicted molar refractivity (Wildman–Crippen MR) is 184 cm³/mol. The fourth-order valence-electron chi connectivity index (χ4n) is 7.42. The van der Waals surface area contributed by atoms with Gasteiger partial charge in [-0.05, 0) is 64.0 Å². The van der Waals surface area contributed by atoms with Gasteiger partial charge in [-0.3, -0.25) is 0 Å². The Kier molecular flexibility index (Phi) is 5.33. The van der Waals surface area contributed by atoms with Gasteiger partial charge in [0.05, 0.1) is 28.1 Å². The molecule has 3 heterocycles. The molecule has 0 fully saturated rings. The van der Waals surface area contributed by atoms with Crippen LogP contribution in [0, 0.1) is 0 Å². The van der Waals surface area contributed by atoms with Gasteiger partial charge in [-0.25, -0.2) is 4.99 Å². The number of dihydropyridines is 1. The van der Waals surface area contributed by atoms with Gasteiger partial charge in [0.1, 0.15) is 6.17 Å². The van der Waals surface area contributed by atoms with Crippen molar-refractivity contribution in [2.24, 2.45) is 4.99 Å². The molecule has 4 heteroatoms. The molecule has 1 aliphatic carbocycles. The molecule has 1 aromatic heterocycles. The van der Waals surface area contributed by atoms with Crippen LogP contribution in [0.15, 0.2) is 138 Å². The lowest BCUT2D eigenvalue weighted by atomic mass is 9.83. The monoisotopic (exact) mass is 568 g/mol. The molecule has 0 saturated heterocycles. The minimum absolute atomic E-state index is 0.205.